The van der Waals surface area contributed by atoms with Gasteiger partial charge in [0.1, 0.15) is 0 Å². The van der Waals surface area contributed by atoms with Crippen molar-refractivity contribution in [2.24, 2.45) is 17.5 Å². The van der Waals surface area contributed by atoms with Crippen LogP contribution in [0, 0.1) is 0 Å². The number of likely N-dealkylation sites (N-methyl/N-ethyl adjacent to an activating group) is 1. The van der Waals surface area contributed by atoms with E-state index in [9.17, 15) is 4.79 Å². The SMILES string of the molecule is C=CC(=O)N(N)c1cccc(N(N)c2nc(N(N)c3ccc(N4CCN(C)CC4)cc3)nc3ccsc23)c1. The molecule has 196 valence electrons. The van der Waals surface area contributed by atoms with Crippen molar-refractivity contribution in [2.75, 3.05) is 53.2 Å². The minimum Gasteiger partial charge on any atom is -0.369 e. The van der Waals surface area contributed by atoms with Crippen molar-refractivity contribution in [3.05, 3.63) is 72.6 Å². The van der Waals surface area contributed by atoms with E-state index < -0.39 is 5.91 Å². The van der Waals surface area contributed by atoms with Gasteiger partial charge >= 0.3 is 0 Å². The zero-order valence-corrected chi connectivity index (χ0v) is 21.9. The topological polar surface area (TPSA) is 137 Å². The summed E-state index contributed by atoms with van der Waals surface area (Å²) in [5, 5.41) is 5.81. The van der Waals surface area contributed by atoms with Gasteiger partial charge < -0.3 is 9.80 Å². The number of hydrogen-bond donors (Lipinski definition) is 3. The molecule has 4 aromatic rings. The average Bonchev–Trinajstić information content (AvgIpc) is 3.44. The van der Waals surface area contributed by atoms with E-state index in [1.54, 1.807) is 24.3 Å². The number of fused-ring (bicyclic) bond motifs is 1. The van der Waals surface area contributed by atoms with E-state index >= 15 is 0 Å². The summed E-state index contributed by atoms with van der Waals surface area (Å²) in [6.45, 7) is 7.53. The van der Waals surface area contributed by atoms with Crippen LogP contribution in [0.1, 0.15) is 0 Å². The van der Waals surface area contributed by atoms with Crippen molar-refractivity contribution < 1.29 is 4.79 Å². The van der Waals surface area contributed by atoms with Crippen molar-refractivity contribution in [3.8, 4) is 0 Å². The number of thiophene rings is 1. The van der Waals surface area contributed by atoms with Crippen molar-refractivity contribution >= 4 is 62.0 Å². The van der Waals surface area contributed by atoms with E-state index in [1.807, 2.05) is 23.6 Å². The molecule has 2 aromatic heterocycles. The number of anilines is 6. The predicted molar refractivity (Wildman–Crippen MR) is 155 cm³/mol. The molecule has 38 heavy (non-hydrogen) atoms. The van der Waals surface area contributed by atoms with Gasteiger partial charge in [0.15, 0.2) is 5.82 Å². The van der Waals surface area contributed by atoms with Crippen LogP contribution in [0.5, 0.6) is 0 Å². The lowest BCUT2D eigenvalue weighted by Crippen LogP contribution is -2.44. The molecule has 0 bridgehead atoms. The summed E-state index contributed by atoms with van der Waals surface area (Å²) < 4.78 is 0.798. The van der Waals surface area contributed by atoms with E-state index in [1.165, 1.54) is 21.4 Å². The second-order valence-electron chi connectivity index (χ2n) is 8.96. The quantitative estimate of drug-likeness (QED) is 0.142. The molecule has 2 aromatic carbocycles. The number of aromatic nitrogens is 2. The highest BCUT2D eigenvalue weighted by Crippen LogP contribution is 2.35. The first-order valence-electron chi connectivity index (χ1n) is 12.1. The third-order valence-corrected chi connectivity index (χ3v) is 7.41. The highest BCUT2D eigenvalue weighted by molar-refractivity contribution is 7.17. The van der Waals surface area contributed by atoms with Gasteiger partial charge in [0, 0.05) is 31.9 Å². The Morgan fingerprint density at radius 2 is 1.66 bits per heavy atom. The van der Waals surface area contributed by atoms with Crippen molar-refractivity contribution in [2.45, 2.75) is 0 Å². The fraction of sp³-hybridized carbons (Fsp3) is 0.192. The summed E-state index contributed by atoms with van der Waals surface area (Å²) in [4.78, 5) is 26.1. The molecule has 6 N–H and O–H groups in total. The molecule has 1 aliphatic rings. The standard InChI is InChI=1S/C26H30N10OS/c1-3-23(37)34(27)20-5-4-6-21(17-20)35(28)25-24-22(11-16-38-24)30-26(31-25)36(29)19-9-7-18(8-10-19)33-14-12-32(2)13-15-33/h3-11,16-17H,1,12-15,27-29H2,2H3. The van der Waals surface area contributed by atoms with Gasteiger partial charge in [-0.2, -0.15) is 4.98 Å². The molecule has 0 aliphatic carbocycles. The highest BCUT2D eigenvalue weighted by Gasteiger charge is 2.20. The summed E-state index contributed by atoms with van der Waals surface area (Å²) in [6.07, 6.45) is 1.15. The molecule has 1 amide bonds. The van der Waals surface area contributed by atoms with Crippen LogP contribution in [-0.2, 0) is 4.79 Å². The van der Waals surface area contributed by atoms with E-state index in [-0.39, 0.29) is 0 Å². The molecule has 1 fully saturated rings. The second-order valence-corrected chi connectivity index (χ2v) is 9.88. The molecule has 3 heterocycles. The van der Waals surface area contributed by atoms with Gasteiger partial charge in [-0.1, -0.05) is 12.6 Å². The first kappa shape index (κ1) is 25.6. The fourth-order valence-corrected chi connectivity index (χ4v) is 5.07. The molecule has 0 saturated carbocycles. The third-order valence-electron chi connectivity index (χ3n) is 6.51. The number of hydrogen-bond acceptors (Lipinski definition) is 11. The van der Waals surface area contributed by atoms with Gasteiger partial charge in [-0.15, -0.1) is 11.3 Å². The second kappa shape index (κ2) is 10.7. The third kappa shape index (κ3) is 5.03. The lowest BCUT2D eigenvalue weighted by Gasteiger charge is -2.34. The van der Waals surface area contributed by atoms with Crippen molar-refractivity contribution in [1.29, 1.82) is 0 Å². The van der Waals surface area contributed by atoms with Crippen molar-refractivity contribution in [1.82, 2.24) is 14.9 Å². The van der Waals surface area contributed by atoms with Gasteiger partial charge in [-0.3, -0.25) is 9.80 Å². The zero-order valence-electron chi connectivity index (χ0n) is 21.1. The zero-order chi connectivity index (χ0) is 26.8. The Kier molecular flexibility index (Phi) is 7.22. The molecular weight excluding hydrogens is 500 g/mol. The lowest BCUT2D eigenvalue weighted by atomic mass is 10.2. The maximum Gasteiger partial charge on any atom is 0.264 e. The van der Waals surface area contributed by atoms with Crippen LogP contribution in [0.25, 0.3) is 10.2 Å². The number of nitrogens with two attached hydrogens (primary N) is 3. The molecule has 0 atom stereocenters. The largest absolute Gasteiger partial charge is 0.369 e. The number of carbonyl (C=O) groups is 1. The summed E-state index contributed by atoms with van der Waals surface area (Å²) in [6, 6.07) is 16.9. The van der Waals surface area contributed by atoms with Crippen LogP contribution >= 0.6 is 11.3 Å². The van der Waals surface area contributed by atoms with E-state index in [0.29, 0.717) is 28.7 Å². The highest BCUT2D eigenvalue weighted by atomic mass is 32.1. The number of amides is 1. The summed E-state index contributed by atoms with van der Waals surface area (Å²) in [7, 11) is 2.14. The van der Waals surface area contributed by atoms with Crippen LogP contribution in [-0.4, -0.2) is 54.0 Å². The maximum absolute atomic E-state index is 12.0. The van der Waals surface area contributed by atoms with Crippen LogP contribution < -0.4 is 37.5 Å². The number of nitrogens with zero attached hydrogens (tertiary/aromatic N) is 7. The molecule has 1 aliphatic heterocycles. The Bertz CT molecular complexity index is 1450. The molecule has 1 saturated heterocycles. The van der Waals surface area contributed by atoms with Crippen molar-refractivity contribution in [3.63, 3.8) is 0 Å². The van der Waals surface area contributed by atoms with Crippen LogP contribution in [0.15, 0.2) is 72.6 Å². The molecule has 0 spiro atoms. The minimum absolute atomic E-state index is 0.298. The van der Waals surface area contributed by atoms with Gasteiger partial charge in [-0.25, -0.2) is 32.5 Å². The summed E-state index contributed by atoms with van der Waals surface area (Å²) in [5.74, 6) is 19.3. The monoisotopic (exact) mass is 530 g/mol. The molecule has 0 radical (unpaired) electrons. The smallest absolute Gasteiger partial charge is 0.264 e. The van der Waals surface area contributed by atoms with Crippen LogP contribution in [0.3, 0.4) is 0 Å². The van der Waals surface area contributed by atoms with E-state index in [0.717, 1.165) is 53.3 Å². The molecule has 0 unspecified atom stereocenters. The number of piperazine rings is 1. The predicted octanol–water partition coefficient (Wildman–Crippen LogP) is 2.86. The van der Waals surface area contributed by atoms with Crippen LogP contribution in [0.4, 0.5) is 34.5 Å². The molecule has 5 rings (SSSR count). The fourth-order valence-electron chi connectivity index (χ4n) is 4.25. The van der Waals surface area contributed by atoms with Gasteiger partial charge in [-0.05, 0) is 67.0 Å². The lowest BCUT2D eigenvalue weighted by molar-refractivity contribution is -0.114. The number of hydrazine groups is 3. The Labute approximate surface area is 224 Å². The van der Waals surface area contributed by atoms with Gasteiger partial charge in [0.25, 0.3) is 5.91 Å². The summed E-state index contributed by atoms with van der Waals surface area (Å²) in [5.41, 5.74) is 3.65. The van der Waals surface area contributed by atoms with Gasteiger partial charge in [0.2, 0.25) is 5.95 Å². The van der Waals surface area contributed by atoms with Crippen LogP contribution in [0.2, 0.25) is 0 Å². The molecule has 11 nitrogen and oxygen atoms in total. The number of rotatable bonds is 7. The summed E-state index contributed by atoms with van der Waals surface area (Å²) >= 11 is 1.47. The van der Waals surface area contributed by atoms with Gasteiger partial charge in [0.05, 0.1) is 27.3 Å². The Morgan fingerprint density at radius 3 is 2.37 bits per heavy atom. The maximum atomic E-state index is 12.0. The Hall–Kier alpha value is -4.07. The van der Waals surface area contributed by atoms with E-state index in [4.69, 9.17) is 22.5 Å². The molecular formula is C26H30N10OS. The van der Waals surface area contributed by atoms with E-state index in [2.05, 4.69) is 40.5 Å². The first-order valence-corrected chi connectivity index (χ1v) is 12.9. The number of carbonyl (C=O) groups excluding carboxylic acids is 1. The Morgan fingerprint density at radius 1 is 0.947 bits per heavy atom. The Balaban J connectivity index is 1.44. The minimum atomic E-state index is -0.437. The normalized spacial score (nSPS) is 13.9. The molecule has 12 heteroatoms. The first-order chi connectivity index (χ1) is 18.4. The number of benzene rings is 2. The average molecular weight is 531 g/mol.